The summed E-state index contributed by atoms with van der Waals surface area (Å²) < 4.78 is 5.34. The summed E-state index contributed by atoms with van der Waals surface area (Å²) in [5.74, 6) is 0.676. The van der Waals surface area contributed by atoms with Crippen molar-refractivity contribution >= 4 is 5.91 Å². The number of hydrogen-bond acceptors (Lipinski definition) is 2. The Balaban J connectivity index is 2.65. The Morgan fingerprint density at radius 3 is 2.62 bits per heavy atom. The van der Waals surface area contributed by atoms with Crippen LogP contribution in [-0.2, 0) is 4.79 Å². The second-order valence-corrected chi connectivity index (χ2v) is 3.44. The number of carbonyl (C=O) groups is 1. The predicted molar refractivity (Wildman–Crippen MR) is 64.4 cm³/mol. The minimum absolute atomic E-state index is 0.0267. The third kappa shape index (κ3) is 3.42. The number of hydrogen-bond donors (Lipinski definition) is 1. The summed E-state index contributed by atoms with van der Waals surface area (Å²) in [7, 11) is 0. The van der Waals surface area contributed by atoms with E-state index in [0.29, 0.717) is 6.61 Å². The molecule has 1 atom stereocenters. The Morgan fingerprint density at radius 1 is 1.50 bits per heavy atom. The van der Waals surface area contributed by atoms with Crippen LogP contribution in [0.1, 0.15) is 25.5 Å². The van der Waals surface area contributed by atoms with Gasteiger partial charge in [0.15, 0.2) is 0 Å². The molecule has 0 aliphatic heterocycles. The Bertz CT molecular complexity index is 357. The number of carbonyl (C=O) groups excluding carboxylic acids is 1. The van der Waals surface area contributed by atoms with Crippen molar-refractivity contribution in [1.29, 1.82) is 0 Å². The number of nitrogens with one attached hydrogen (secondary N) is 1. The second kappa shape index (κ2) is 5.95. The topological polar surface area (TPSA) is 38.3 Å². The van der Waals surface area contributed by atoms with E-state index in [-0.39, 0.29) is 11.9 Å². The molecule has 3 nitrogen and oxygen atoms in total. The molecule has 0 heterocycles. The quantitative estimate of drug-likeness (QED) is 0.772. The lowest BCUT2D eigenvalue weighted by molar-refractivity contribution is -0.117. The van der Waals surface area contributed by atoms with E-state index in [9.17, 15) is 4.79 Å². The highest BCUT2D eigenvalue weighted by Crippen LogP contribution is 2.17. The maximum atomic E-state index is 11.1. The van der Waals surface area contributed by atoms with Gasteiger partial charge in [0.05, 0.1) is 12.6 Å². The van der Waals surface area contributed by atoms with Crippen LogP contribution < -0.4 is 10.1 Å². The van der Waals surface area contributed by atoms with Gasteiger partial charge in [-0.15, -0.1) is 0 Å². The zero-order chi connectivity index (χ0) is 12.0. The van der Waals surface area contributed by atoms with E-state index in [1.54, 1.807) is 0 Å². The monoisotopic (exact) mass is 219 g/mol. The highest BCUT2D eigenvalue weighted by molar-refractivity contribution is 5.87. The first-order chi connectivity index (χ1) is 7.67. The fraction of sp³-hybridized carbons (Fsp3) is 0.308. The molecule has 0 aliphatic carbocycles. The fourth-order valence-electron chi connectivity index (χ4n) is 1.38. The van der Waals surface area contributed by atoms with Gasteiger partial charge in [-0.2, -0.15) is 0 Å². The summed E-state index contributed by atoms with van der Waals surface area (Å²) in [6.45, 7) is 7.94. The van der Waals surface area contributed by atoms with E-state index in [0.717, 1.165) is 11.3 Å². The van der Waals surface area contributed by atoms with Gasteiger partial charge in [-0.25, -0.2) is 0 Å². The molecule has 1 N–H and O–H groups in total. The van der Waals surface area contributed by atoms with Crippen LogP contribution in [0.2, 0.25) is 0 Å². The van der Waals surface area contributed by atoms with Crippen molar-refractivity contribution in [2.45, 2.75) is 19.9 Å². The van der Waals surface area contributed by atoms with Crippen LogP contribution in [0.15, 0.2) is 36.9 Å². The van der Waals surface area contributed by atoms with E-state index in [4.69, 9.17) is 4.74 Å². The van der Waals surface area contributed by atoms with Gasteiger partial charge in [0.25, 0.3) is 0 Å². The highest BCUT2D eigenvalue weighted by atomic mass is 16.5. The third-order valence-corrected chi connectivity index (χ3v) is 2.24. The Kier molecular flexibility index (Phi) is 4.58. The lowest BCUT2D eigenvalue weighted by Gasteiger charge is -2.13. The summed E-state index contributed by atoms with van der Waals surface area (Å²) in [5.41, 5.74) is 1.04. The first-order valence-electron chi connectivity index (χ1n) is 5.33. The molecular formula is C13H17NO2. The standard InChI is InChI=1S/C13H17NO2/c1-4-13(15)14-10(3)11-6-8-12(9-7-11)16-5-2/h4,6-10H,1,5H2,2-3H3,(H,14,15)/t10-/m0/s1. The first kappa shape index (κ1) is 12.3. The number of ether oxygens (including phenoxy) is 1. The molecule has 0 saturated carbocycles. The molecule has 1 rings (SSSR count). The Morgan fingerprint density at radius 2 is 2.12 bits per heavy atom. The van der Waals surface area contributed by atoms with Crippen LogP contribution in [-0.4, -0.2) is 12.5 Å². The van der Waals surface area contributed by atoms with Gasteiger partial charge in [0.1, 0.15) is 5.75 Å². The molecular weight excluding hydrogens is 202 g/mol. The summed E-state index contributed by atoms with van der Waals surface area (Å²) in [5, 5.41) is 2.80. The van der Waals surface area contributed by atoms with Crippen molar-refractivity contribution in [3.63, 3.8) is 0 Å². The van der Waals surface area contributed by atoms with Crippen LogP contribution in [0.25, 0.3) is 0 Å². The van der Waals surface area contributed by atoms with Gasteiger partial charge in [0.2, 0.25) is 5.91 Å². The smallest absolute Gasteiger partial charge is 0.243 e. The van der Waals surface area contributed by atoms with Crippen molar-refractivity contribution in [2.75, 3.05) is 6.61 Å². The maximum Gasteiger partial charge on any atom is 0.243 e. The van der Waals surface area contributed by atoms with Gasteiger partial charge in [-0.05, 0) is 37.6 Å². The van der Waals surface area contributed by atoms with Gasteiger partial charge in [-0.3, -0.25) is 4.79 Å². The highest BCUT2D eigenvalue weighted by Gasteiger charge is 2.06. The van der Waals surface area contributed by atoms with Gasteiger partial charge in [0, 0.05) is 0 Å². The summed E-state index contributed by atoms with van der Waals surface area (Å²) in [4.78, 5) is 11.1. The molecule has 0 bridgehead atoms. The average Bonchev–Trinajstić information content (AvgIpc) is 2.30. The number of rotatable bonds is 5. The van der Waals surface area contributed by atoms with Crippen molar-refractivity contribution < 1.29 is 9.53 Å². The molecule has 0 saturated heterocycles. The minimum Gasteiger partial charge on any atom is -0.494 e. The maximum absolute atomic E-state index is 11.1. The molecule has 0 fully saturated rings. The van der Waals surface area contributed by atoms with Crippen molar-refractivity contribution in [2.24, 2.45) is 0 Å². The largest absolute Gasteiger partial charge is 0.494 e. The molecule has 0 spiro atoms. The van der Waals surface area contributed by atoms with E-state index in [2.05, 4.69) is 11.9 Å². The van der Waals surface area contributed by atoms with Crippen molar-refractivity contribution in [1.82, 2.24) is 5.32 Å². The van der Waals surface area contributed by atoms with Crippen molar-refractivity contribution in [3.8, 4) is 5.75 Å². The summed E-state index contributed by atoms with van der Waals surface area (Å²) in [6, 6.07) is 7.66. The first-order valence-corrected chi connectivity index (χ1v) is 5.33. The number of amides is 1. The summed E-state index contributed by atoms with van der Waals surface area (Å²) in [6.07, 6.45) is 1.27. The predicted octanol–water partition coefficient (Wildman–Crippen LogP) is 2.45. The van der Waals surface area contributed by atoms with Crippen LogP contribution in [0, 0.1) is 0 Å². The fourth-order valence-corrected chi connectivity index (χ4v) is 1.38. The molecule has 3 heteroatoms. The van der Waals surface area contributed by atoms with Crippen LogP contribution in [0.4, 0.5) is 0 Å². The molecule has 0 aliphatic rings. The molecule has 1 aromatic carbocycles. The zero-order valence-corrected chi connectivity index (χ0v) is 9.69. The molecule has 86 valence electrons. The van der Waals surface area contributed by atoms with E-state index < -0.39 is 0 Å². The lowest BCUT2D eigenvalue weighted by Crippen LogP contribution is -2.24. The zero-order valence-electron chi connectivity index (χ0n) is 9.69. The van der Waals surface area contributed by atoms with Gasteiger partial charge >= 0.3 is 0 Å². The Labute approximate surface area is 96.1 Å². The SMILES string of the molecule is C=CC(=O)N[C@@H](C)c1ccc(OCC)cc1. The second-order valence-electron chi connectivity index (χ2n) is 3.44. The van der Waals surface area contributed by atoms with E-state index in [1.165, 1.54) is 6.08 Å². The average molecular weight is 219 g/mol. The minimum atomic E-state index is -0.165. The normalized spacial score (nSPS) is 11.6. The molecule has 0 aromatic heterocycles. The molecule has 0 unspecified atom stereocenters. The van der Waals surface area contributed by atoms with Crippen LogP contribution >= 0.6 is 0 Å². The third-order valence-electron chi connectivity index (χ3n) is 2.24. The molecule has 16 heavy (non-hydrogen) atoms. The Hall–Kier alpha value is -1.77. The molecule has 1 aromatic rings. The van der Waals surface area contributed by atoms with E-state index in [1.807, 2.05) is 38.1 Å². The van der Waals surface area contributed by atoms with Gasteiger partial charge in [-0.1, -0.05) is 18.7 Å². The summed E-state index contributed by atoms with van der Waals surface area (Å²) >= 11 is 0. The van der Waals surface area contributed by atoms with Crippen molar-refractivity contribution in [3.05, 3.63) is 42.5 Å². The van der Waals surface area contributed by atoms with Crippen LogP contribution in [0.3, 0.4) is 0 Å². The molecule has 0 radical (unpaired) electrons. The van der Waals surface area contributed by atoms with Gasteiger partial charge < -0.3 is 10.1 Å². The lowest BCUT2D eigenvalue weighted by atomic mass is 10.1. The molecule has 1 amide bonds. The van der Waals surface area contributed by atoms with Crippen LogP contribution in [0.5, 0.6) is 5.75 Å². The number of benzene rings is 1. The van der Waals surface area contributed by atoms with E-state index >= 15 is 0 Å².